The third-order valence-corrected chi connectivity index (χ3v) is 3.50. The second-order valence-corrected chi connectivity index (χ2v) is 6.83. The summed E-state index contributed by atoms with van der Waals surface area (Å²) >= 11 is 0. The Morgan fingerprint density at radius 3 is 2.09 bits per heavy atom. The molecule has 0 saturated carbocycles. The minimum absolute atomic E-state index is 0.0590. The van der Waals surface area contributed by atoms with Crippen LogP contribution in [0.2, 0.25) is 0 Å². The summed E-state index contributed by atoms with van der Waals surface area (Å²) in [5, 5.41) is 2.84. The van der Waals surface area contributed by atoms with E-state index in [2.05, 4.69) is 5.32 Å². The lowest BCUT2D eigenvalue weighted by molar-refractivity contribution is -0.137. The van der Waals surface area contributed by atoms with Crippen molar-refractivity contribution in [2.45, 2.75) is 33.2 Å². The van der Waals surface area contributed by atoms with Gasteiger partial charge >= 0.3 is 0 Å². The molecule has 1 aliphatic heterocycles. The molecule has 0 atom stereocenters. The average molecular weight is 312 g/mol. The van der Waals surface area contributed by atoms with E-state index in [1.54, 1.807) is 18.9 Å². The highest BCUT2D eigenvalue weighted by Crippen LogP contribution is 2.03. The largest absolute Gasteiger partial charge is 0.350 e. The van der Waals surface area contributed by atoms with Crippen molar-refractivity contribution in [3.05, 3.63) is 0 Å². The molecule has 1 N–H and O–H groups in total. The van der Waals surface area contributed by atoms with E-state index in [0.717, 1.165) is 0 Å². The van der Waals surface area contributed by atoms with Gasteiger partial charge in [0, 0.05) is 45.7 Å². The zero-order valence-electron chi connectivity index (χ0n) is 14.3. The lowest BCUT2D eigenvalue weighted by atomic mass is 10.1. The average Bonchev–Trinajstić information content (AvgIpc) is 2.36. The molecule has 0 aromatic rings. The van der Waals surface area contributed by atoms with E-state index in [1.807, 2.05) is 25.7 Å². The summed E-state index contributed by atoms with van der Waals surface area (Å²) in [5.41, 5.74) is -0.302. The van der Waals surface area contributed by atoms with E-state index in [0.29, 0.717) is 26.2 Å². The van der Waals surface area contributed by atoms with Crippen molar-refractivity contribution in [1.29, 1.82) is 0 Å². The Kier molecular flexibility index (Phi) is 6.34. The monoisotopic (exact) mass is 312 g/mol. The fourth-order valence-corrected chi connectivity index (χ4v) is 2.29. The molecular weight excluding hydrogens is 284 g/mol. The summed E-state index contributed by atoms with van der Waals surface area (Å²) in [5.74, 6) is -0.174. The Bertz CT molecular complexity index is 423. The van der Waals surface area contributed by atoms with E-state index < -0.39 is 0 Å². The molecule has 0 bridgehead atoms. The molecule has 7 heteroatoms. The molecule has 0 aromatic carbocycles. The highest BCUT2D eigenvalue weighted by molar-refractivity contribution is 5.85. The number of likely N-dealkylation sites (N-methyl/N-ethyl adjacent to an activating group) is 1. The van der Waals surface area contributed by atoms with Crippen LogP contribution in [0.15, 0.2) is 0 Å². The highest BCUT2D eigenvalue weighted by atomic mass is 16.2. The van der Waals surface area contributed by atoms with Gasteiger partial charge in [-0.25, -0.2) is 0 Å². The zero-order valence-corrected chi connectivity index (χ0v) is 14.3. The van der Waals surface area contributed by atoms with E-state index in [1.165, 1.54) is 4.90 Å². The molecule has 1 fully saturated rings. The number of hydrogen-bond donors (Lipinski definition) is 1. The maximum Gasteiger partial charge on any atom is 0.240 e. The van der Waals surface area contributed by atoms with E-state index in [-0.39, 0.29) is 36.3 Å². The number of carbonyl (C=O) groups excluding carboxylic acids is 3. The second kappa shape index (κ2) is 7.58. The van der Waals surface area contributed by atoms with Crippen LogP contribution in [0.25, 0.3) is 0 Å². The fraction of sp³-hybridized carbons (Fsp3) is 0.800. The number of hydrogen-bond acceptors (Lipinski definition) is 4. The first-order valence-electron chi connectivity index (χ1n) is 7.61. The molecule has 0 aliphatic carbocycles. The van der Waals surface area contributed by atoms with Crippen molar-refractivity contribution < 1.29 is 14.4 Å². The zero-order chi connectivity index (χ0) is 16.9. The third-order valence-electron chi connectivity index (χ3n) is 3.50. The number of amides is 3. The smallest absolute Gasteiger partial charge is 0.240 e. The fourth-order valence-electron chi connectivity index (χ4n) is 2.29. The summed E-state index contributed by atoms with van der Waals surface area (Å²) < 4.78 is 0. The molecule has 22 heavy (non-hydrogen) atoms. The van der Waals surface area contributed by atoms with Gasteiger partial charge in [-0.1, -0.05) is 0 Å². The summed E-state index contributed by atoms with van der Waals surface area (Å²) in [4.78, 5) is 40.5. The van der Waals surface area contributed by atoms with Crippen molar-refractivity contribution in [2.75, 3.05) is 46.3 Å². The molecule has 1 rings (SSSR count). The van der Waals surface area contributed by atoms with Gasteiger partial charge in [-0.2, -0.15) is 0 Å². The van der Waals surface area contributed by atoms with Crippen LogP contribution in [0.3, 0.4) is 0 Å². The van der Waals surface area contributed by atoms with E-state index in [9.17, 15) is 14.4 Å². The van der Waals surface area contributed by atoms with Gasteiger partial charge in [-0.15, -0.1) is 0 Å². The first-order valence-corrected chi connectivity index (χ1v) is 7.61. The molecule has 0 radical (unpaired) electrons. The van der Waals surface area contributed by atoms with Crippen LogP contribution in [-0.4, -0.2) is 84.3 Å². The van der Waals surface area contributed by atoms with Crippen LogP contribution in [0.1, 0.15) is 27.7 Å². The normalized spacial score (nSPS) is 16.3. The molecule has 0 unspecified atom stereocenters. The van der Waals surface area contributed by atoms with Gasteiger partial charge in [0.15, 0.2) is 0 Å². The summed E-state index contributed by atoms with van der Waals surface area (Å²) in [6.07, 6.45) is 0. The van der Waals surface area contributed by atoms with Gasteiger partial charge in [-0.3, -0.25) is 19.3 Å². The lowest BCUT2D eigenvalue weighted by Crippen LogP contribution is -2.52. The lowest BCUT2D eigenvalue weighted by Gasteiger charge is -2.34. The molecular formula is C15H28N4O3. The van der Waals surface area contributed by atoms with E-state index in [4.69, 9.17) is 0 Å². The molecule has 126 valence electrons. The Morgan fingerprint density at radius 1 is 1.09 bits per heavy atom. The maximum atomic E-state index is 12.2. The minimum Gasteiger partial charge on any atom is -0.350 e. The summed E-state index contributed by atoms with van der Waals surface area (Å²) in [6.45, 7) is 10.3. The molecule has 7 nitrogen and oxygen atoms in total. The number of carbonyl (C=O) groups is 3. The van der Waals surface area contributed by atoms with Crippen molar-refractivity contribution in [2.24, 2.45) is 0 Å². The van der Waals surface area contributed by atoms with Crippen LogP contribution >= 0.6 is 0 Å². The first-order chi connectivity index (χ1) is 10.1. The minimum atomic E-state index is -0.302. The number of piperazine rings is 1. The Morgan fingerprint density at radius 2 is 1.64 bits per heavy atom. The highest BCUT2D eigenvalue weighted by Gasteiger charge is 2.23. The van der Waals surface area contributed by atoms with Crippen LogP contribution < -0.4 is 5.32 Å². The van der Waals surface area contributed by atoms with Crippen LogP contribution in [0.4, 0.5) is 0 Å². The molecule has 0 spiro atoms. The van der Waals surface area contributed by atoms with Crippen molar-refractivity contribution >= 4 is 17.7 Å². The first kappa shape index (κ1) is 18.4. The standard InChI is InChI=1S/C15H28N4O3/c1-12(20)19-8-6-18(7-9-19)11-14(22)17(5)10-13(21)16-15(2,3)4/h6-11H2,1-5H3,(H,16,21). The maximum absolute atomic E-state index is 12.2. The number of nitrogens with zero attached hydrogens (tertiary/aromatic N) is 3. The molecule has 3 amide bonds. The summed E-state index contributed by atoms with van der Waals surface area (Å²) in [6, 6.07) is 0. The van der Waals surface area contributed by atoms with Crippen molar-refractivity contribution in [1.82, 2.24) is 20.0 Å². The van der Waals surface area contributed by atoms with Gasteiger partial charge in [0.2, 0.25) is 17.7 Å². The van der Waals surface area contributed by atoms with Gasteiger partial charge < -0.3 is 15.1 Å². The number of nitrogens with one attached hydrogen (secondary N) is 1. The van der Waals surface area contributed by atoms with Gasteiger partial charge in [0.25, 0.3) is 0 Å². The Hall–Kier alpha value is -1.63. The van der Waals surface area contributed by atoms with Gasteiger partial charge in [-0.05, 0) is 20.8 Å². The Balaban J connectivity index is 2.36. The van der Waals surface area contributed by atoms with Crippen molar-refractivity contribution in [3.8, 4) is 0 Å². The number of rotatable bonds is 4. The predicted octanol–water partition coefficient (Wildman–Crippen LogP) is -0.476. The molecule has 0 aromatic heterocycles. The molecule has 1 aliphatic rings. The van der Waals surface area contributed by atoms with Crippen LogP contribution in [0.5, 0.6) is 0 Å². The summed E-state index contributed by atoms with van der Waals surface area (Å²) in [7, 11) is 1.64. The van der Waals surface area contributed by atoms with Crippen LogP contribution in [0, 0.1) is 0 Å². The predicted molar refractivity (Wildman–Crippen MR) is 84.2 cm³/mol. The van der Waals surface area contributed by atoms with Gasteiger partial charge in [0.05, 0.1) is 13.1 Å². The third kappa shape index (κ3) is 6.43. The van der Waals surface area contributed by atoms with Crippen molar-refractivity contribution in [3.63, 3.8) is 0 Å². The second-order valence-electron chi connectivity index (χ2n) is 6.83. The quantitative estimate of drug-likeness (QED) is 0.761. The van der Waals surface area contributed by atoms with E-state index >= 15 is 0 Å². The SMILES string of the molecule is CC(=O)N1CCN(CC(=O)N(C)CC(=O)NC(C)(C)C)CC1. The molecule has 1 saturated heterocycles. The Labute approximate surface area is 132 Å². The van der Waals surface area contributed by atoms with Gasteiger partial charge in [0.1, 0.15) is 0 Å². The molecule has 1 heterocycles. The topological polar surface area (TPSA) is 73.0 Å². The van der Waals surface area contributed by atoms with Crippen LogP contribution in [-0.2, 0) is 14.4 Å².